The average molecular weight is 305 g/mol. The van der Waals surface area contributed by atoms with Gasteiger partial charge in [-0.1, -0.05) is 30.3 Å². The molecule has 0 bridgehead atoms. The van der Waals surface area contributed by atoms with Crippen LogP contribution in [-0.4, -0.2) is 22.4 Å². The zero-order valence-corrected chi connectivity index (χ0v) is 12.5. The Morgan fingerprint density at radius 3 is 2.62 bits per heavy atom. The fourth-order valence-corrected chi connectivity index (χ4v) is 2.19. The van der Waals surface area contributed by atoms with E-state index in [0.717, 1.165) is 5.56 Å². The topological polar surface area (TPSA) is 51.1 Å². The molecule has 5 heteroatoms. The highest BCUT2D eigenvalue weighted by atomic mass is 35.5. The molecule has 0 saturated heterocycles. The molecule has 1 aromatic heterocycles. The van der Waals surface area contributed by atoms with Crippen molar-refractivity contribution in [1.82, 2.24) is 9.88 Å². The Hall–Kier alpha value is -2.07. The third-order valence-electron chi connectivity index (χ3n) is 3.21. The molecule has 2 aromatic rings. The number of hydrogen-bond acceptors (Lipinski definition) is 2. The third kappa shape index (κ3) is 4.20. The molecule has 110 valence electrons. The van der Waals surface area contributed by atoms with Gasteiger partial charge in [0.15, 0.2) is 0 Å². The molecule has 2 rings (SSSR count). The van der Waals surface area contributed by atoms with Crippen LogP contribution in [0, 0.1) is 0 Å². The maximum absolute atomic E-state index is 12.1. The van der Waals surface area contributed by atoms with Gasteiger partial charge in [-0.3, -0.25) is 9.59 Å². The van der Waals surface area contributed by atoms with E-state index in [1.807, 2.05) is 30.3 Å². The number of carbonyl (C=O) groups excluding carboxylic acids is 1. The van der Waals surface area contributed by atoms with Gasteiger partial charge in [0.25, 0.3) is 11.5 Å². The molecule has 4 nitrogen and oxygen atoms in total. The highest BCUT2D eigenvalue weighted by Crippen LogP contribution is 2.05. The van der Waals surface area contributed by atoms with Crippen LogP contribution in [-0.2, 0) is 13.5 Å². The smallest absolute Gasteiger partial charge is 0.251 e. The Balaban J connectivity index is 2.05. The molecule has 1 N–H and O–H groups in total. The zero-order chi connectivity index (χ0) is 15.2. The number of halogens is 1. The van der Waals surface area contributed by atoms with Gasteiger partial charge in [0.05, 0.1) is 0 Å². The van der Waals surface area contributed by atoms with Crippen LogP contribution in [0.4, 0.5) is 0 Å². The summed E-state index contributed by atoms with van der Waals surface area (Å²) in [6, 6.07) is 12.6. The van der Waals surface area contributed by atoms with Gasteiger partial charge in [-0.05, 0) is 18.1 Å². The van der Waals surface area contributed by atoms with Crippen LogP contribution in [0.15, 0.2) is 53.5 Å². The number of carbonyl (C=O) groups is 1. The molecule has 0 spiro atoms. The van der Waals surface area contributed by atoms with Crippen LogP contribution < -0.4 is 10.9 Å². The molecule has 0 aliphatic carbocycles. The van der Waals surface area contributed by atoms with E-state index in [1.165, 1.54) is 10.6 Å². The predicted octanol–water partition coefficient (Wildman–Crippen LogP) is 1.97. The molecule has 0 saturated carbocycles. The summed E-state index contributed by atoms with van der Waals surface area (Å²) in [6.07, 6.45) is 2.23. The summed E-state index contributed by atoms with van der Waals surface area (Å²) in [5.41, 5.74) is 1.24. The average Bonchev–Trinajstić information content (AvgIpc) is 2.50. The number of amides is 1. The van der Waals surface area contributed by atoms with Gasteiger partial charge in [-0.25, -0.2) is 0 Å². The summed E-state index contributed by atoms with van der Waals surface area (Å²) >= 11 is 5.92. The Labute approximate surface area is 128 Å². The van der Waals surface area contributed by atoms with Crippen LogP contribution in [0.3, 0.4) is 0 Å². The number of alkyl halides is 1. The van der Waals surface area contributed by atoms with Gasteiger partial charge < -0.3 is 9.88 Å². The second kappa shape index (κ2) is 7.09. The summed E-state index contributed by atoms with van der Waals surface area (Å²) in [7, 11) is 1.64. The molecule has 0 radical (unpaired) electrons. The summed E-state index contributed by atoms with van der Waals surface area (Å²) in [6.45, 7) is 0. The Bertz CT molecular complexity index is 667. The van der Waals surface area contributed by atoms with Crippen molar-refractivity contribution in [3.05, 3.63) is 70.1 Å². The number of nitrogens with zero attached hydrogens (tertiary/aromatic N) is 1. The number of nitrogens with one attached hydrogen (secondary N) is 1. The van der Waals surface area contributed by atoms with Gasteiger partial charge in [0, 0.05) is 36.8 Å². The van der Waals surface area contributed by atoms with E-state index in [9.17, 15) is 9.59 Å². The van der Waals surface area contributed by atoms with Crippen LogP contribution in [0.5, 0.6) is 0 Å². The Morgan fingerprint density at radius 2 is 2.00 bits per heavy atom. The van der Waals surface area contributed by atoms with E-state index in [0.29, 0.717) is 17.9 Å². The molecule has 0 fully saturated rings. The standard InChI is InChI=1S/C16H17ClN2O2/c1-19-8-7-13(10-15(19)20)16(21)18-14(11-17)9-12-5-3-2-4-6-12/h2-8,10,14H,9,11H2,1H3,(H,18,21). The van der Waals surface area contributed by atoms with Crippen molar-refractivity contribution >= 4 is 17.5 Å². The van der Waals surface area contributed by atoms with Crippen LogP contribution in [0.25, 0.3) is 0 Å². The fraction of sp³-hybridized carbons (Fsp3) is 0.250. The lowest BCUT2D eigenvalue weighted by Crippen LogP contribution is -2.38. The summed E-state index contributed by atoms with van der Waals surface area (Å²) in [4.78, 5) is 23.7. The maximum atomic E-state index is 12.1. The number of hydrogen-bond donors (Lipinski definition) is 1. The first-order chi connectivity index (χ1) is 10.1. The monoisotopic (exact) mass is 304 g/mol. The summed E-state index contributed by atoms with van der Waals surface area (Å²) in [5, 5.41) is 2.86. The second-order valence-corrected chi connectivity index (χ2v) is 5.19. The first-order valence-electron chi connectivity index (χ1n) is 6.67. The van der Waals surface area contributed by atoms with Gasteiger partial charge in [0.1, 0.15) is 0 Å². The SMILES string of the molecule is Cn1ccc(C(=O)NC(CCl)Cc2ccccc2)cc1=O. The minimum absolute atomic E-state index is 0.175. The van der Waals surface area contributed by atoms with Gasteiger partial charge in [0.2, 0.25) is 0 Å². The number of rotatable bonds is 5. The van der Waals surface area contributed by atoms with E-state index < -0.39 is 0 Å². The van der Waals surface area contributed by atoms with Crippen molar-refractivity contribution in [2.24, 2.45) is 7.05 Å². The van der Waals surface area contributed by atoms with E-state index in [-0.39, 0.29) is 17.5 Å². The quantitative estimate of drug-likeness (QED) is 0.859. The van der Waals surface area contributed by atoms with Crippen LogP contribution >= 0.6 is 11.6 Å². The number of benzene rings is 1. The Morgan fingerprint density at radius 1 is 1.29 bits per heavy atom. The van der Waals surface area contributed by atoms with Crippen molar-refractivity contribution < 1.29 is 4.79 Å². The largest absolute Gasteiger partial charge is 0.348 e. The molecule has 1 heterocycles. The number of aryl methyl sites for hydroxylation is 1. The lowest BCUT2D eigenvalue weighted by molar-refractivity contribution is 0.0940. The molecule has 0 aliphatic heterocycles. The van der Waals surface area contributed by atoms with E-state index in [2.05, 4.69) is 5.32 Å². The fourth-order valence-electron chi connectivity index (χ4n) is 2.00. The van der Waals surface area contributed by atoms with Gasteiger partial charge in [-0.15, -0.1) is 11.6 Å². The first-order valence-corrected chi connectivity index (χ1v) is 7.21. The lowest BCUT2D eigenvalue weighted by atomic mass is 10.1. The van der Waals surface area contributed by atoms with Crippen molar-refractivity contribution in [2.45, 2.75) is 12.5 Å². The Kier molecular flexibility index (Phi) is 5.17. The minimum Gasteiger partial charge on any atom is -0.348 e. The molecule has 0 aliphatic rings. The highest BCUT2D eigenvalue weighted by Gasteiger charge is 2.14. The number of aromatic nitrogens is 1. The number of pyridine rings is 1. The molecule has 21 heavy (non-hydrogen) atoms. The summed E-state index contributed by atoms with van der Waals surface area (Å²) < 4.78 is 1.42. The van der Waals surface area contributed by atoms with E-state index >= 15 is 0 Å². The van der Waals surface area contributed by atoms with E-state index in [4.69, 9.17) is 11.6 Å². The molecule has 1 aromatic carbocycles. The predicted molar refractivity (Wildman–Crippen MR) is 83.8 cm³/mol. The normalized spacial score (nSPS) is 11.9. The molecule has 1 unspecified atom stereocenters. The van der Waals surface area contributed by atoms with Gasteiger partial charge >= 0.3 is 0 Å². The van der Waals surface area contributed by atoms with Crippen molar-refractivity contribution in [3.63, 3.8) is 0 Å². The van der Waals surface area contributed by atoms with Crippen molar-refractivity contribution in [2.75, 3.05) is 5.88 Å². The maximum Gasteiger partial charge on any atom is 0.251 e. The molecular formula is C16H17ClN2O2. The molecular weight excluding hydrogens is 288 g/mol. The molecule has 1 amide bonds. The van der Waals surface area contributed by atoms with Crippen molar-refractivity contribution in [3.8, 4) is 0 Å². The first kappa shape index (κ1) is 15.3. The van der Waals surface area contributed by atoms with Crippen LogP contribution in [0.1, 0.15) is 15.9 Å². The van der Waals surface area contributed by atoms with Gasteiger partial charge in [-0.2, -0.15) is 0 Å². The lowest BCUT2D eigenvalue weighted by Gasteiger charge is -2.16. The zero-order valence-electron chi connectivity index (χ0n) is 11.8. The third-order valence-corrected chi connectivity index (χ3v) is 3.59. The summed E-state index contributed by atoms with van der Waals surface area (Å²) in [5.74, 6) is 0.0279. The van der Waals surface area contributed by atoms with E-state index in [1.54, 1.807) is 19.3 Å². The highest BCUT2D eigenvalue weighted by molar-refractivity contribution is 6.18. The minimum atomic E-state index is -0.283. The van der Waals surface area contributed by atoms with Crippen molar-refractivity contribution in [1.29, 1.82) is 0 Å². The van der Waals surface area contributed by atoms with Crippen LogP contribution in [0.2, 0.25) is 0 Å². The molecule has 1 atom stereocenters. The second-order valence-electron chi connectivity index (χ2n) is 4.88.